The molecule has 0 saturated carbocycles. The van der Waals surface area contributed by atoms with E-state index in [1.807, 2.05) is 13.8 Å². The number of nitrogen functional groups attached to an aromatic ring is 1. The van der Waals surface area contributed by atoms with E-state index in [1.54, 1.807) is 6.92 Å². The van der Waals surface area contributed by atoms with E-state index in [0.29, 0.717) is 12.1 Å². The first-order valence-electron chi connectivity index (χ1n) is 6.77. The van der Waals surface area contributed by atoms with Gasteiger partial charge in [-0.1, -0.05) is 20.8 Å². The third-order valence-electron chi connectivity index (χ3n) is 2.85. The van der Waals surface area contributed by atoms with Gasteiger partial charge >= 0.3 is 6.18 Å². The molecule has 2 N–H and O–H groups in total. The van der Waals surface area contributed by atoms with E-state index in [4.69, 9.17) is 5.73 Å². The zero-order chi connectivity index (χ0) is 16.2. The maximum Gasteiger partial charge on any atom is 0.406 e. The molecule has 0 aliphatic carbocycles. The van der Waals surface area contributed by atoms with Crippen LogP contribution in [0.15, 0.2) is 12.1 Å². The number of carbonyl (C=O) groups excluding carboxylic acids is 1. The molecule has 0 radical (unpaired) electrons. The zero-order valence-corrected chi connectivity index (χ0v) is 12.4. The number of carbonyl (C=O) groups is 1. The predicted molar refractivity (Wildman–Crippen MR) is 75.0 cm³/mol. The number of amides is 1. The van der Waals surface area contributed by atoms with Gasteiger partial charge in [0, 0.05) is 17.8 Å². The number of aromatic nitrogens is 1. The summed E-state index contributed by atoms with van der Waals surface area (Å²) in [6.07, 6.45) is -3.98. The molecule has 0 fully saturated rings. The summed E-state index contributed by atoms with van der Waals surface area (Å²) in [5.41, 5.74) is 6.36. The third kappa shape index (κ3) is 5.24. The van der Waals surface area contributed by atoms with E-state index >= 15 is 0 Å². The lowest BCUT2D eigenvalue weighted by Gasteiger charge is -2.24. The van der Waals surface area contributed by atoms with E-state index in [9.17, 15) is 18.0 Å². The van der Waals surface area contributed by atoms with Gasteiger partial charge in [-0.2, -0.15) is 13.2 Å². The highest BCUT2D eigenvalue weighted by atomic mass is 19.4. The second kappa shape index (κ2) is 6.78. The molecule has 1 aromatic heterocycles. The van der Waals surface area contributed by atoms with Crippen LogP contribution < -0.4 is 5.73 Å². The van der Waals surface area contributed by atoms with E-state index in [0.717, 1.165) is 4.90 Å². The summed E-state index contributed by atoms with van der Waals surface area (Å²) in [6.45, 7) is 4.23. The predicted octanol–water partition coefficient (Wildman–Crippen LogP) is 3.20. The van der Waals surface area contributed by atoms with E-state index in [-0.39, 0.29) is 23.8 Å². The average Bonchev–Trinajstić information content (AvgIpc) is 2.35. The van der Waals surface area contributed by atoms with Crippen LogP contribution >= 0.6 is 0 Å². The van der Waals surface area contributed by atoms with Crippen molar-refractivity contribution in [3.8, 4) is 0 Å². The minimum Gasteiger partial charge on any atom is -0.384 e. The lowest BCUT2D eigenvalue weighted by atomic mass is 10.1. The Morgan fingerprint density at radius 3 is 2.48 bits per heavy atom. The first kappa shape index (κ1) is 17.3. The Morgan fingerprint density at radius 2 is 2.00 bits per heavy atom. The number of hydrogen-bond acceptors (Lipinski definition) is 3. The van der Waals surface area contributed by atoms with Crippen molar-refractivity contribution in [1.29, 1.82) is 0 Å². The van der Waals surface area contributed by atoms with Gasteiger partial charge in [-0.15, -0.1) is 0 Å². The topological polar surface area (TPSA) is 59.2 Å². The molecule has 0 bridgehead atoms. The number of hydrogen-bond donors (Lipinski definition) is 1. The van der Waals surface area contributed by atoms with E-state index in [1.165, 1.54) is 12.1 Å². The normalized spacial score (nSPS) is 11.8. The Hall–Kier alpha value is -1.79. The van der Waals surface area contributed by atoms with Crippen molar-refractivity contribution in [2.75, 3.05) is 18.8 Å². The smallest absolute Gasteiger partial charge is 0.384 e. The van der Waals surface area contributed by atoms with Crippen molar-refractivity contribution in [2.24, 2.45) is 0 Å². The number of alkyl halides is 3. The van der Waals surface area contributed by atoms with Crippen LogP contribution in [0.25, 0.3) is 0 Å². The van der Waals surface area contributed by atoms with Gasteiger partial charge in [0.1, 0.15) is 12.4 Å². The van der Waals surface area contributed by atoms with Gasteiger partial charge in [0.25, 0.3) is 5.91 Å². The molecule has 0 unspecified atom stereocenters. The first-order valence-corrected chi connectivity index (χ1v) is 6.77. The Labute approximate surface area is 122 Å². The Morgan fingerprint density at radius 1 is 1.38 bits per heavy atom. The summed E-state index contributed by atoms with van der Waals surface area (Å²) < 4.78 is 37.7. The fraction of sp³-hybridized carbons (Fsp3) is 0.571. The number of nitrogens with zero attached hydrogens (tertiary/aromatic N) is 2. The molecule has 1 rings (SSSR count). The number of rotatable bonds is 5. The van der Waals surface area contributed by atoms with Gasteiger partial charge in [0.2, 0.25) is 0 Å². The number of anilines is 1. The summed E-state index contributed by atoms with van der Waals surface area (Å²) in [4.78, 5) is 17.2. The molecule has 0 spiro atoms. The van der Waals surface area contributed by atoms with Crippen LogP contribution in [-0.2, 0) is 0 Å². The largest absolute Gasteiger partial charge is 0.406 e. The molecule has 1 aromatic rings. The quantitative estimate of drug-likeness (QED) is 0.908. The van der Waals surface area contributed by atoms with Gasteiger partial charge in [0.15, 0.2) is 0 Å². The second-order valence-corrected chi connectivity index (χ2v) is 5.20. The van der Waals surface area contributed by atoms with Crippen molar-refractivity contribution in [1.82, 2.24) is 9.88 Å². The van der Waals surface area contributed by atoms with Gasteiger partial charge in [-0.3, -0.25) is 4.79 Å². The van der Waals surface area contributed by atoms with Crippen LogP contribution in [0.4, 0.5) is 19.0 Å². The monoisotopic (exact) mass is 303 g/mol. The Bertz CT molecular complexity index is 501. The number of nitrogens with two attached hydrogens (primary N) is 1. The molecule has 0 aromatic carbocycles. The van der Waals surface area contributed by atoms with Crippen LogP contribution in [0.1, 0.15) is 49.2 Å². The molecule has 7 heteroatoms. The minimum absolute atomic E-state index is 0.0299. The maximum atomic E-state index is 12.6. The van der Waals surface area contributed by atoms with E-state index < -0.39 is 18.6 Å². The van der Waals surface area contributed by atoms with Crippen LogP contribution in [-0.4, -0.2) is 35.1 Å². The highest BCUT2D eigenvalue weighted by Crippen LogP contribution is 2.21. The molecular weight excluding hydrogens is 283 g/mol. The molecule has 0 aliphatic heterocycles. The summed E-state index contributed by atoms with van der Waals surface area (Å²) in [5, 5.41) is 0. The molecule has 4 nitrogen and oxygen atoms in total. The van der Waals surface area contributed by atoms with Crippen molar-refractivity contribution in [2.45, 2.75) is 39.3 Å². The van der Waals surface area contributed by atoms with Crippen LogP contribution in [0, 0.1) is 0 Å². The molecular formula is C14H20F3N3O. The fourth-order valence-electron chi connectivity index (χ4n) is 1.91. The molecule has 0 aliphatic rings. The molecule has 118 valence electrons. The molecule has 1 heterocycles. The summed E-state index contributed by atoms with van der Waals surface area (Å²) in [5.74, 6) is -0.513. The van der Waals surface area contributed by atoms with Crippen LogP contribution in [0.5, 0.6) is 0 Å². The molecule has 21 heavy (non-hydrogen) atoms. The summed E-state index contributed by atoms with van der Waals surface area (Å²) in [7, 11) is 0. The van der Waals surface area contributed by atoms with Crippen molar-refractivity contribution in [3.05, 3.63) is 23.4 Å². The highest BCUT2D eigenvalue weighted by Gasteiger charge is 2.33. The summed E-state index contributed by atoms with van der Waals surface area (Å²) >= 11 is 0. The van der Waals surface area contributed by atoms with E-state index in [2.05, 4.69) is 4.98 Å². The van der Waals surface area contributed by atoms with Crippen molar-refractivity contribution in [3.63, 3.8) is 0 Å². The second-order valence-electron chi connectivity index (χ2n) is 5.20. The first-order chi connectivity index (χ1) is 9.64. The van der Waals surface area contributed by atoms with Gasteiger partial charge in [-0.25, -0.2) is 4.98 Å². The lowest BCUT2D eigenvalue weighted by Crippen LogP contribution is -2.39. The summed E-state index contributed by atoms with van der Waals surface area (Å²) in [6, 6.07) is 2.82. The fourth-order valence-corrected chi connectivity index (χ4v) is 1.91. The molecule has 0 saturated heterocycles. The highest BCUT2D eigenvalue weighted by molar-refractivity contribution is 5.95. The van der Waals surface area contributed by atoms with Gasteiger partial charge in [-0.05, 0) is 24.5 Å². The minimum atomic E-state index is -4.43. The average molecular weight is 303 g/mol. The van der Waals surface area contributed by atoms with Crippen LogP contribution in [0.2, 0.25) is 0 Å². The lowest BCUT2D eigenvalue weighted by molar-refractivity contribution is -0.140. The van der Waals surface area contributed by atoms with Crippen molar-refractivity contribution >= 4 is 11.7 Å². The maximum absolute atomic E-state index is 12.6. The third-order valence-corrected chi connectivity index (χ3v) is 2.85. The van der Waals surface area contributed by atoms with Crippen LogP contribution in [0.3, 0.4) is 0 Å². The Kier molecular flexibility index (Phi) is 5.57. The molecule has 0 atom stereocenters. The number of pyridine rings is 1. The SMILES string of the molecule is CCCN(CC(F)(F)F)C(=O)c1cc(N)nc(C(C)C)c1. The van der Waals surface area contributed by atoms with Crippen molar-refractivity contribution < 1.29 is 18.0 Å². The Balaban J connectivity index is 3.08. The zero-order valence-electron chi connectivity index (χ0n) is 12.4. The molecule has 1 amide bonds. The van der Waals surface area contributed by atoms with Gasteiger partial charge in [0.05, 0.1) is 0 Å². The number of halogens is 3. The van der Waals surface area contributed by atoms with Gasteiger partial charge < -0.3 is 10.6 Å². The standard InChI is InChI=1S/C14H20F3N3O/c1-4-5-20(8-14(15,16)17)13(21)10-6-11(9(2)3)19-12(18)7-10/h6-7,9H,4-5,8H2,1-3H3,(H2,18,19).